The van der Waals surface area contributed by atoms with E-state index in [1.54, 1.807) is 12.0 Å². The summed E-state index contributed by atoms with van der Waals surface area (Å²) in [5.41, 5.74) is 1.37. The summed E-state index contributed by atoms with van der Waals surface area (Å²) in [5, 5.41) is 36.5. The largest absolute Gasteiger partial charge is 0.393 e. The van der Waals surface area contributed by atoms with Gasteiger partial charge >= 0.3 is 0 Å². The van der Waals surface area contributed by atoms with Gasteiger partial charge in [0.15, 0.2) is 9.84 Å². The Kier molecular flexibility index (Phi) is 14.4. The highest BCUT2D eigenvalue weighted by Gasteiger charge is 2.44. The molecule has 0 spiro atoms. The lowest BCUT2D eigenvalue weighted by atomic mass is 9.85. The maximum Gasteiger partial charge on any atom is 0.247 e. The van der Waals surface area contributed by atoms with Gasteiger partial charge < -0.3 is 25.0 Å². The van der Waals surface area contributed by atoms with Gasteiger partial charge in [-0.3, -0.25) is 4.79 Å². The van der Waals surface area contributed by atoms with E-state index in [-0.39, 0.29) is 39.0 Å². The monoisotopic (exact) mass is 740 g/mol. The van der Waals surface area contributed by atoms with Crippen LogP contribution < -0.4 is 5.14 Å². The number of sulfone groups is 1. The Bertz CT molecular complexity index is 1610. The maximum atomic E-state index is 13.5. The van der Waals surface area contributed by atoms with E-state index in [0.717, 1.165) is 5.56 Å². The number of fused-ring (bicyclic) bond motifs is 1. The van der Waals surface area contributed by atoms with Crippen molar-refractivity contribution in [3.63, 3.8) is 0 Å². The Morgan fingerprint density at radius 2 is 1.82 bits per heavy atom. The Hall–Kier alpha value is -2.17. The minimum Gasteiger partial charge on any atom is -0.393 e. The minimum atomic E-state index is -4.14. The molecule has 2 heterocycles. The molecule has 4 rings (SSSR count). The number of rotatable bonds is 18. The quantitative estimate of drug-likeness (QED) is 0.129. The Morgan fingerprint density at radius 3 is 2.49 bits per heavy atom. The van der Waals surface area contributed by atoms with Gasteiger partial charge in [-0.25, -0.2) is 22.0 Å². The molecule has 7 atom stereocenters. The summed E-state index contributed by atoms with van der Waals surface area (Å²) in [5.74, 6) is -0.374. The lowest BCUT2D eigenvalue weighted by Crippen LogP contribution is -2.41. The number of aliphatic hydroxyl groups is 3. The van der Waals surface area contributed by atoms with Crippen LogP contribution in [-0.2, 0) is 35.8 Å². The zero-order valence-corrected chi connectivity index (χ0v) is 30.8. The average Bonchev–Trinajstić information content (AvgIpc) is 3.62. The number of hydrogen-bond acceptors (Lipinski definition) is 10. The van der Waals surface area contributed by atoms with E-state index in [9.17, 15) is 36.9 Å². The molecule has 5 N–H and O–H groups in total. The van der Waals surface area contributed by atoms with Gasteiger partial charge in [-0.15, -0.1) is 11.3 Å². The summed E-state index contributed by atoms with van der Waals surface area (Å²) < 4.78 is 56.2. The number of carbonyl (C=O) groups excluding carboxylic acids is 1. The summed E-state index contributed by atoms with van der Waals surface area (Å²) >= 11 is 0.652. The van der Waals surface area contributed by atoms with Crippen molar-refractivity contribution in [1.29, 1.82) is 0 Å². The van der Waals surface area contributed by atoms with E-state index in [1.165, 1.54) is 6.07 Å². The average molecular weight is 741 g/mol. The van der Waals surface area contributed by atoms with E-state index < -0.39 is 49.5 Å². The highest BCUT2D eigenvalue weighted by molar-refractivity contribution is 7.95. The second-order valence-electron chi connectivity index (χ2n) is 13.3. The molecule has 1 amide bonds. The van der Waals surface area contributed by atoms with Crippen LogP contribution in [0.25, 0.3) is 0 Å². The molecule has 2 aromatic rings. The van der Waals surface area contributed by atoms with Gasteiger partial charge in [0.2, 0.25) is 15.9 Å². The van der Waals surface area contributed by atoms with Crippen molar-refractivity contribution in [2.75, 3.05) is 20.3 Å². The topological polar surface area (TPSA) is 185 Å². The lowest BCUT2D eigenvalue weighted by Gasteiger charge is -2.37. The van der Waals surface area contributed by atoms with E-state index in [1.807, 2.05) is 49.4 Å². The summed E-state index contributed by atoms with van der Waals surface area (Å²) in [7, 11) is -6.42. The number of methoxy groups -OCH3 is 1. The highest BCUT2D eigenvalue weighted by Crippen LogP contribution is 2.46. The SMILES string of the molecule is CCN(C(=O)CCC/C=C\C[C@@H]1[C@@H](CC[C@@H](O)Cc2ccccc2)[C@H](O)C[C@@H]1O)[C@H]1CC(CCCOC)S(=O)(=O)c2sc(S(N)(=O)=O)cc21. The third-order valence-corrected chi connectivity index (χ3v) is 15.3. The minimum absolute atomic E-state index is 0.0346. The predicted molar refractivity (Wildman–Crippen MR) is 189 cm³/mol. The fraction of sp³-hybridized carbons (Fsp3) is 0.629. The fourth-order valence-electron chi connectivity index (χ4n) is 7.37. The summed E-state index contributed by atoms with van der Waals surface area (Å²) in [6.45, 7) is 2.54. The zero-order valence-electron chi connectivity index (χ0n) is 28.4. The molecule has 11 nitrogen and oxygen atoms in total. The summed E-state index contributed by atoms with van der Waals surface area (Å²) in [6.07, 6.45) is 7.22. The smallest absolute Gasteiger partial charge is 0.247 e. The molecule has 14 heteroatoms. The first kappa shape index (κ1) is 39.6. The molecule has 1 fully saturated rings. The standard InChI is InChI=1S/C35H52N2O9S3/c1-3-37(30-21-26(14-11-19-46-2)48(42,43)35-29(30)22-34(47-35)49(36,44)45)33(41)16-10-5-4-9-15-27-28(32(40)23-31(27)39)18-17-25(38)20-24-12-7-6-8-13-24/h4,6-9,12-13,22,25-28,30-32,38-40H,3,5,10-11,14-21,23H2,1-2H3,(H2,36,44,45)/b9-4-/t25-,26?,27-,28-,30+,31+,32-/m1/s1. The van der Waals surface area contributed by atoms with Gasteiger partial charge in [-0.1, -0.05) is 42.5 Å². The number of nitrogens with two attached hydrogens (primary N) is 1. The number of amides is 1. The predicted octanol–water partition coefficient (Wildman–Crippen LogP) is 4.12. The van der Waals surface area contributed by atoms with Crippen LogP contribution in [-0.4, -0.2) is 86.8 Å². The number of primary sulfonamides is 1. The van der Waals surface area contributed by atoms with Crippen molar-refractivity contribution in [2.24, 2.45) is 17.0 Å². The number of sulfonamides is 1. The van der Waals surface area contributed by atoms with E-state index in [0.29, 0.717) is 87.8 Å². The van der Waals surface area contributed by atoms with Crippen LogP contribution in [0.3, 0.4) is 0 Å². The first-order valence-corrected chi connectivity index (χ1v) is 21.1. The Balaban J connectivity index is 1.33. The molecular formula is C35H52N2O9S3. The number of allylic oxidation sites excluding steroid dienone is 2. The van der Waals surface area contributed by atoms with Crippen LogP contribution in [0.4, 0.5) is 0 Å². The molecular weight excluding hydrogens is 689 g/mol. The molecule has 1 aromatic heterocycles. The van der Waals surface area contributed by atoms with E-state index in [2.05, 4.69) is 0 Å². The number of unbranched alkanes of at least 4 members (excludes halogenated alkanes) is 1. The molecule has 2 aliphatic rings. The second-order valence-corrected chi connectivity index (χ2v) is 18.6. The van der Waals surface area contributed by atoms with Crippen molar-refractivity contribution < 1.29 is 41.7 Å². The lowest BCUT2D eigenvalue weighted by molar-refractivity contribution is -0.133. The first-order valence-electron chi connectivity index (χ1n) is 17.2. The van der Waals surface area contributed by atoms with E-state index >= 15 is 0 Å². The number of nitrogens with zero attached hydrogens (tertiary/aromatic N) is 1. The number of hydrogen-bond donors (Lipinski definition) is 4. The van der Waals surface area contributed by atoms with Gasteiger partial charge in [-0.05, 0) is 94.6 Å². The maximum absolute atomic E-state index is 13.5. The highest BCUT2D eigenvalue weighted by atomic mass is 32.3. The molecule has 1 saturated carbocycles. The molecule has 0 bridgehead atoms. The van der Waals surface area contributed by atoms with Crippen LogP contribution in [0.15, 0.2) is 57.0 Å². The van der Waals surface area contributed by atoms with Crippen LogP contribution in [0, 0.1) is 11.8 Å². The number of carbonyl (C=O) groups is 1. The van der Waals surface area contributed by atoms with Gasteiger partial charge in [0.25, 0.3) is 0 Å². The fourth-order valence-corrected chi connectivity index (χ4v) is 12.1. The molecule has 0 radical (unpaired) electrons. The van der Waals surface area contributed by atoms with E-state index in [4.69, 9.17) is 9.88 Å². The number of benzene rings is 1. The van der Waals surface area contributed by atoms with Crippen LogP contribution in [0.1, 0.15) is 88.3 Å². The Labute approximate surface area is 295 Å². The molecule has 0 saturated heterocycles. The molecule has 1 aromatic carbocycles. The van der Waals surface area contributed by atoms with Crippen LogP contribution in [0.5, 0.6) is 0 Å². The molecule has 1 unspecified atom stereocenters. The van der Waals surface area contributed by atoms with Gasteiger partial charge in [0.1, 0.15) is 8.42 Å². The van der Waals surface area contributed by atoms with Crippen molar-refractivity contribution >= 4 is 37.1 Å². The molecule has 274 valence electrons. The summed E-state index contributed by atoms with van der Waals surface area (Å²) in [6, 6.07) is 10.5. The third kappa shape index (κ3) is 10.2. The second kappa shape index (κ2) is 17.9. The Morgan fingerprint density at radius 1 is 1.10 bits per heavy atom. The van der Waals surface area contributed by atoms with Crippen LogP contribution >= 0.6 is 11.3 Å². The molecule has 1 aliphatic carbocycles. The number of thiophene rings is 1. The van der Waals surface area contributed by atoms with Crippen molar-refractivity contribution in [3.8, 4) is 0 Å². The zero-order chi connectivity index (χ0) is 35.8. The van der Waals surface area contributed by atoms with Crippen molar-refractivity contribution in [2.45, 2.75) is 116 Å². The van der Waals surface area contributed by atoms with Crippen LogP contribution in [0.2, 0.25) is 0 Å². The molecule has 49 heavy (non-hydrogen) atoms. The normalized spacial score (nSPS) is 25.8. The van der Waals surface area contributed by atoms with Gasteiger partial charge in [-0.2, -0.15) is 0 Å². The van der Waals surface area contributed by atoms with Crippen molar-refractivity contribution in [3.05, 3.63) is 59.7 Å². The van der Waals surface area contributed by atoms with Gasteiger partial charge in [0, 0.05) is 32.2 Å². The molecule has 1 aliphatic heterocycles. The van der Waals surface area contributed by atoms with Crippen molar-refractivity contribution in [1.82, 2.24) is 4.90 Å². The first-order chi connectivity index (χ1) is 23.3. The number of ether oxygens (including phenoxy) is 1. The summed E-state index contributed by atoms with van der Waals surface area (Å²) in [4.78, 5) is 15.2. The third-order valence-electron chi connectivity index (χ3n) is 9.94. The van der Waals surface area contributed by atoms with Gasteiger partial charge in [0.05, 0.1) is 29.6 Å². The number of aliphatic hydroxyl groups excluding tert-OH is 3.